The maximum Gasteiger partial charge on any atom is 0.326 e. The molecule has 0 aliphatic rings. The van der Waals surface area contributed by atoms with Crippen molar-refractivity contribution < 1.29 is 14.7 Å². The highest BCUT2D eigenvalue weighted by molar-refractivity contribution is 6.00. The number of anilines is 4. The lowest BCUT2D eigenvalue weighted by molar-refractivity contribution is -0.135. The van der Waals surface area contributed by atoms with E-state index in [1.807, 2.05) is 86.5 Å². The third-order valence-corrected chi connectivity index (χ3v) is 3.84. The Balaban J connectivity index is 2.37. The van der Waals surface area contributed by atoms with E-state index in [1.165, 1.54) is 4.90 Å². The molecule has 0 saturated carbocycles. The molecule has 0 atom stereocenters. The number of rotatable bonds is 6. The molecule has 0 heterocycles. The van der Waals surface area contributed by atoms with Crippen LogP contribution < -0.4 is 20.0 Å². The fourth-order valence-electron chi connectivity index (χ4n) is 2.41. The van der Waals surface area contributed by atoms with Crippen LogP contribution in [0.1, 0.15) is 0 Å². The third-order valence-electron chi connectivity index (χ3n) is 3.84. The summed E-state index contributed by atoms with van der Waals surface area (Å²) in [5, 5.41) is 11.3. The van der Waals surface area contributed by atoms with Crippen LogP contribution in [-0.4, -0.2) is 51.8 Å². The molecular formula is C19H24N4O3. The normalized spacial score (nSPS) is 10.2. The summed E-state index contributed by atoms with van der Waals surface area (Å²) >= 11 is 0. The molecule has 0 aliphatic heterocycles. The molecule has 0 fully saturated rings. The van der Waals surface area contributed by atoms with Crippen molar-refractivity contribution in [1.29, 1.82) is 0 Å². The molecule has 0 aromatic heterocycles. The van der Waals surface area contributed by atoms with Crippen molar-refractivity contribution in [3.05, 3.63) is 48.5 Å². The minimum atomic E-state index is -1.09. The first kappa shape index (κ1) is 19.1. The van der Waals surface area contributed by atoms with Crippen LogP contribution in [0.3, 0.4) is 0 Å². The van der Waals surface area contributed by atoms with E-state index in [-0.39, 0.29) is 0 Å². The summed E-state index contributed by atoms with van der Waals surface area (Å²) in [5.74, 6) is -1.09. The average Bonchev–Trinajstić information content (AvgIpc) is 2.61. The molecule has 0 bridgehead atoms. The van der Waals surface area contributed by atoms with E-state index in [0.717, 1.165) is 11.4 Å². The molecule has 7 nitrogen and oxygen atoms in total. The number of carbonyl (C=O) groups excluding carboxylic acids is 1. The number of hydrogen-bond acceptors (Lipinski definition) is 4. The Morgan fingerprint density at radius 3 is 1.42 bits per heavy atom. The van der Waals surface area contributed by atoms with Crippen molar-refractivity contribution in [1.82, 2.24) is 5.32 Å². The van der Waals surface area contributed by atoms with Crippen LogP contribution in [0.5, 0.6) is 0 Å². The summed E-state index contributed by atoms with van der Waals surface area (Å²) < 4.78 is 0. The summed E-state index contributed by atoms with van der Waals surface area (Å²) in [6, 6.07) is 14.4. The molecule has 2 amide bonds. The van der Waals surface area contributed by atoms with Crippen molar-refractivity contribution in [2.75, 3.05) is 49.4 Å². The Hall–Kier alpha value is -3.22. The predicted molar refractivity (Wildman–Crippen MR) is 105 cm³/mol. The molecule has 7 heteroatoms. The van der Waals surface area contributed by atoms with E-state index < -0.39 is 18.5 Å². The van der Waals surface area contributed by atoms with Gasteiger partial charge in [-0.05, 0) is 48.5 Å². The minimum absolute atomic E-state index is 0.444. The van der Waals surface area contributed by atoms with Crippen LogP contribution in [0.25, 0.3) is 0 Å². The van der Waals surface area contributed by atoms with Gasteiger partial charge in [0.15, 0.2) is 0 Å². The number of carbonyl (C=O) groups is 2. The van der Waals surface area contributed by atoms with Crippen LogP contribution in [-0.2, 0) is 4.79 Å². The number of nitrogens with one attached hydrogen (secondary N) is 1. The molecule has 0 unspecified atom stereocenters. The lowest BCUT2D eigenvalue weighted by atomic mass is 10.2. The summed E-state index contributed by atoms with van der Waals surface area (Å²) in [5.41, 5.74) is 3.30. The molecule has 2 rings (SSSR count). The SMILES string of the molecule is CN(C)c1ccc(N(C(=O)NCC(=O)O)c2ccc(N(C)C)cc2)cc1. The largest absolute Gasteiger partial charge is 0.480 e. The Bertz CT molecular complexity index is 704. The highest BCUT2D eigenvalue weighted by Crippen LogP contribution is 2.29. The maximum absolute atomic E-state index is 12.6. The zero-order valence-corrected chi connectivity index (χ0v) is 15.4. The molecular weight excluding hydrogens is 332 g/mol. The number of urea groups is 1. The molecule has 0 aliphatic carbocycles. The maximum atomic E-state index is 12.6. The van der Waals surface area contributed by atoms with Gasteiger partial charge in [-0.3, -0.25) is 9.69 Å². The van der Waals surface area contributed by atoms with Crippen LogP contribution in [0, 0.1) is 0 Å². The van der Waals surface area contributed by atoms with Crippen LogP contribution in [0.4, 0.5) is 27.5 Å². The number of amides is 2. The quantitative estimate of drug-likeness (QED) is 0.832. The second-order valence-electron chi connectivity index (χ2n) is 6.21. The van der Waals surface area contributed by atoms with Gasteiger partial charge in [-0.25, -0.2) is 4.79 Å². The zero-order chi connectivity index (χ0) is 19.3. The van der Waals surface area contributed by atoms with Crippen molar-refractivity contribution in [3.8, 4) is 0 Å². The lowest BCUT2D eigenvalue weighted by Crippen LogP contribution is -2.39. The second kappa shape index (κ2) is 8.24. The zero-order valence-electron chi connectivity index (χ0n) is 15.4. The van der Waals surface area contributed by atoms with E-state index in [4.69, 9.17) is 5.11 Å². The van der Waals surface area contributed by atoms with Crippen molar-refractivity contribution in [2.45, 2.75) is 0 Å². The van der Waals surface area contributed by atoms with Gasteiger partial charge in [0.2, 0.25) is 0 Å². The van der Waals surface area contributed by atoms with E-state index in [1.54, 1.807) is 0 Å². The number of nitrogens with zero attached hydrogens (tertiary/aromatic N) is 3. The monoisotopic (exact) mass is 356 g/mol. The van der Waals surface area contributed by atoms with Gasteiger partial charge in [-0.2, -0.15) is 0 Å². The topological polar surface area (TPSA) is 76.1 Å². The fraction of sp³-hybridized carbons (Fsp3) is 0.263. The van der Waals surface area contributed by atoms with Gasteiger partial charge >= 0.3 is 12.0 Å². The average molecular weight is 356 g/mol. The van der Waals surface area contributed by atoms with E-state index >= 15 is 0 Å². The summed E-state index contributed by atoms with van der Waals surface area (Å²) in [4.78, 5) is 28.8. The predicted octanol–water partition coefficient (Wildman–Crippen LogP) is 2.75. The highest BCUT2D eigenvalue weighted by Gasteiger charge is 2.19. The molecule has 138 valence electrons. The lowest BCUT2D eigenvalue weighted by Gasteiger charge is -2.24. The molecule has 26 heavy (non-hydrogen) atoms. The van der Waals surface area contributed by atoms with Gasteiger partial charge in [-0.15, -0.1) is 0 Å². The molecule has 2 N–H and O–H groups in total. The van der Waals surface area contributed by atoms with Gasteiger partial charge in [0, 0.05) is 39.6 Å². The second-order valence-corrected chi connectivity index (χ2v) is 6.21. The number of benzene rings is 2. The standard InChI is InChI=1S/C19H24N4O3/c1-21(2)14-5-9-16(10-6-14)23(19(26)20-13-18(24)25)17-11-7-15(8-12-17)22(3)4/h5-12H,13H2,1-4H3,(H,20,26)(H,24,25). The van der Waals surface area contributed by atoms with Gasteiger partial charge in [0.25, 0.3) is 0 Å². The van der Waals surface area contributed by atoms with Crippen molar-refractivity contribution >= 4 is 34.7 Å². The first-order valence-corrected chi connectivity index (χ1v) is 8.14. The van der Waals surface area contributed by atoms with Crippen LogP contribution in [0.15, 0.2) is 48.5 Å². The van der Waals surface area contributed by atoms with Crippen molar-refractivity contribution in [2.24, 2.45) is 0 Å². The summed E-state index contributed by atoms with van der Waals surface area (Å²) in [6.07, 6.45) is 0. The summed E-state index contributed by atoms with van der Waals surface area (Å²) in [7, 11) is 7.75. The van der Waals surface area contributed by atoms with E-state index in [0.29, 0.717) is 11.4 Å². The van der Waals surface area contributed by atoms with E-state index in [9.17, 15) is 9.59 Å². The number of aliphatic carboxylic acids is 1. The molecule has 0 saturated heterocycles. The van der Waals surface area contributed by atoms with Crippen LogP contribution in [0.2, 0.25) is 0 Å². The minimum Gasteiger partial charge on any atom is -0.480 e. The fourth-order valence-corrected chi connectivity index (χ4v) is 2.41. The number of carboxylic acids is 1. The summed E-state index contributed by atoms with van der Waals surface area (Å²) in [6.45, 7) is -0.444. The molecule has 2 aromatic carbocycles. The van der Waals surface area contributed by atoms with E-state index in [2.05, 4.69) is 5.32 Å². The third kappa shape index (κ3) is 4.66. The van der Waals surface area contributed by atoms with Crippen LogP contribution >= 0.6 is 0 Å². The Morgan fingerprint density at radius 1 is 0.769 bits per heavy atom. The van der Waals surface area contributed by atoms with Gasteiger partial charge in [-0.1, -0.05) is 0 Å². The Morgan fingerprint density at radius 2 is 1.12 bits per heavy atom. The smallest absolute Gasteiger partial charge is 0.326 e. The molecule has 0 radical (unpaired) electrons. The molecule has 2 aromatic rings. The Labute approximate surface area is 153 Å². The van der Waals surface area contributed by atoms with Crippen molar-refractivity contribution in [3.63, 3.8) is 0 Å². The molecule has 0 spiro atoms. The first-order chi connectivity index (χ1) is 12.3. The van der Waals surface area contributed by atoms with Gasteiger partial charge < -0.3 is 20.2 Å². The first-order valence-electron chi connectivity index (χ1n) is 8.14. The van der Waals surface area contributed by atoms with Gasteiger partial charge in [0.1, 0.15) is 6.54 Å². The number of hydrogen-bond donors (Lipinski definition) is 2. The number of carboxylic acid groups (broad SMARTS) is 1. The Kier molecular flexibility index (Phi) is 6.06. The highest BCUT2D eigenvalue weighted by atomic mass is 16.4. The van der Waals surface area contributed by atoms with Gasteiger partial charge in [0.05, 0.1) is 11.4 Å².